The number of aryl methyl sites for hydroxylation is 1. The van der Waals surface area contributed by atoms with E-state index < -0.39 is 5.91 Å². The number of carbonyl (C=O) groups is 2. The van der Waals surface area contributed by atoms with Crippen LogP contribution < -0.4 is 10.6 Å². The van der Waals surface area contributed by atoms with E-state index >= 15 is 0 Å². The summed E-state index contributed by atoms with van der Waals surface area (Å²) in [6.07, 6.45) is 1.55. The molecule has 2 N–H and O–H groups in total. The van der Waals surface area contributed by atoms with Crippen LogP contribution in [-0.4, -0.2) is 33.6 Å². The van der Waals surface area contributed by atoms with Crippen molar-refractivity contribution in [3.63, 3.8) is 0 Å². The van der Waals surface area contributed by atoms with Crippen LogP contribution in [0.15, 0.2) is 41.0 Å². The minimum atomic E-state index is -0.505. The third kappa shape index (κ3) is 4.04. The Hall–Kier alpha value is -2.42. The van der Waals surface area contributed by atoms with Crippen molar-refractivity contribution < 1.29 is 21.2 Å². The lowest BCUT2D eigenvalue weighted by atomic mass is 10.1. The van der Waals surface area contributed by atoms with Crippen LogP contribution in [-0.2, 0) is 0 Å². The predicted octanol–water partition coefficient (Wildman–Crippen LogP) is 3.30. The first kappa shape index (κ1) is 20.3. The van der Waals surface area contributed by atoms with E-state index in [1.54, 1.807) is 37.4 Å². The van der Waals surface area contributed by atoms with E-state index in [1.165, 1.54) is 17.8 Å². The highest BCUT2D eigenvalue weighted by molar-refractivity contribution is 9.10. The average molecular weight is 484 g/mol. The number of amides is 2. The van der Waals surface area contributed by atoms with Gasteiger partial charge in [-0.1, -0.05) is 27.5 Å². The highest BCUT2D eigenvalue weighted by Crippen LogP contribution is 2.27. The molecule has 0 radical (unpaired) electrons. The predicted molar refractivity (Wildman–Crippen MR) is 107 cm³/mol. The summed E-state index contributed by atoms with van der Waals surface area (Å²) in [4.78, 5) is 29.4. The lowest BCUT2D eigenvalue weighted by molar-refractivity contribution is -0.289. The van der Waals surface area contributed by atoms with Crippen molar-refractivity contribution in [1.82, 2.24) is 20.1 Å². The molecule has 3 rings (SSSR count). The molecule has 1 aromatic carbocycles. The SMILES string of the molecule is CNC(=O)c1cc(Br)cc(C)c1NC(=O)c1cc(Cl)nn1-c1ncccc1[ClH+]. The molecule has 10 heteroatoms. The standard InChI is InChI=1S/C18H14BrCl2N5O2/c1-9-6-10(19)7-11(17(27)22-2)15(9)24-18(28)13-8-14(21)25-26(13)16-12(20)4-3-5-23-16/h3-8,20H,1-2H3,(H-,22,24,27,28)/p+1. The van der Waals surface area contributed by atoms with Gasteiger partial charge in [0, 0.05) is 29.8 Å². The molecule has 0 bridgehead atoms. The van der Waals surface area contributed by atoms with Crippen molar-refractivity contribution in [2.75, 3.05) is 12.4 Å². The summed E-state index contributed by atoms with van der Waals surface area (Å²) in [5, 5.41) is 10.00. The van der Waals surface area contributed by atoms with Crippen LogP contribution in [0.25, 0.3) is 5.82 Å². The molecule has 0 saturated heterocycles. The Morgan fingerprint density at radius 1 is 1.25 bits per heavy atom. The third-order valence-electron chi connectivity index (χ3n) is 3.87. The molecular weight excluding hydrogens is 469 g/mol. The zero-order valence-electron chi connectivity index (χ0n) is 14.8. The van der Waals surface area contributed by atoms with Crippen LogP contribution >= 0.6 is 27.5 Å². The molecular formula is C18H15BrCl2N5O2+. The Morgan fingerprint density at radius 3 is 2.68 bits per heavy atom. The molecule has 28 heavy (non-hydrogen) atoms. The third-order valence-corrected chi connectivity index (χ3v) is 4.84. The number of carbonyl (C=O) groups excluding carboxylic acids is 2. The quantitative estimate of drug-likeness (QED) is 0.595. The van der Waals surface area contributed by atoms with Crippen LogP contribution in [0, 0.1) is 18.5 Å². The summed E-state index contributed by atoms with van der Waals surface area (Å²) in [5.41, 5.74) is 1.55. The van der Waals surface area contributed by atoms with Gasteiger partial charge in [-0.2, -0.15) is 5.10 Å². The monoisotopic (exact) mass is 482 g/mol. The van der Waals surface area contributed by atoms with E-state index in [1.807, 2.05) is 0 Å². The van der Waals surface area contributed by atoms with Crippen molar-refractivity contribution in [3.8, 4) is 5.82 Å². The summed E-state index contributed by atoms with van der Waals surface area (Å²) < 4.78 is 2.01. The number of aromatic nitrogens is 3. The highest BCUT2D eigenvalue weighted by atomic mass is 79.9. The van der Waals surface area contributed by atoms with Gasteiger partial charge in [0.25, 0.3) is 16.8 Å². The van der Waals surface area contributed by atoms with Gasteiger partial charge in [-0.05, 0) is 30.7 Å². The maximum atomic E-state index is 13.0. The van der Waals surface area contributed by atoms with Gasteiger partial charge < -0.3 is 10.6 Å². The first-order valence-electron chi connectivity index (χ1n) is 8.03. The molecule has 0 fully saturated rings. The molecule has 0 aliphatic carbocycles. The fourth-order valence-electron chi connectivity index (χ4n) is 2.62. The lowest BCUT2D eigenvalue weighted by Crippen LogP contribution is -2.23. The topological polar surface area (TPSA) is 88.9 Å². The maximum absolute atomic E-state index is 13.0. The normalized spacial score (nSPS) is 10.6. The minimum Gasteiger partial charge on any atom is -0.355 e. The second-order valence-corrected chi connectivity index (χ2v) is 7.51. The highest BCUT2D eigenvalue weighted by Gasteiger charge is 2.23. The van der Waals surface area contributed by atoms with Gasteiger partial charge in [0.1, 0.15) is 5.69 Å². The molecule has 2 aromatic heterocycles. The number of benzene rings is 1. The van der Waals surface area contributed by atoms with Crippen molar-refractivity contribution >= 4 is 45.0 Å². The van der Waals surface area contributed by atoms with Gasteiger partial charge in [-0.25, -0.2) is 9.67 Å². The second-order valence-electron chi connectivity index (χ2n) is 5.77. The summed E-state index contributed by atoms with van der Waals surface area (Å²) in [5.74, 6) is -0.521. The number of nitrogens with one attached hydrogen (secondary N) is 2. The van der Waals surface area contributed by atoms with Gasteiger partial charge in [-0.15, -0.1) is 0 Å². The smallest absolute Gasteiger partial charge is 0.274 e. The van der Waals surface area contributed by atoms with Gasteiger partial charge in [0.05, 0.1) is 11.3 Å². The fourth-order valence-corrected chi connectivity index (χ4v) is 3.59. The first-order valence-corrected chi connectivity index (χ1v) is 9.61. The number of nitrogens with zero attached hydrogens (tertiary/aromatic N) is 3. The molecule has 0 atom stereocenters. The summed E-state index contributed by atoms with van der Waals surface area (Å²) in [6, 6.07) is 8.21. The Balaban J connectivity index is 2.05. The number of anilines is 1. The fraction of sp³-hybridized carbons (Fsp3) is 0.111. The molecule has 0 aliphatic heterocycles. The van der Waals surface area contributed by atoms with Crippen LogP contribution in [0.5, 0.6) is 0 Å². The van der Waals surface area contributed by atoms with E-state index in [-0.39, 0.29) is 16.8 Å². The Labute approximate surface area is 179 Å². The molecule has 0 aliphatic rings. The zero-order chi connectivity index (χ0) is 20.4. The zero-order valence-corrected chi connectivity index (χ0v) is 17.9. The molecule has 0 saturated carbocycles. The summed E-state index contributed by atoms with van der Waals surface area (Å²) in [7, 11) is 1.52. The Kier molecular flexibility index (Phi) is 6.02. The molecule has 3 aromatic rings. The van der Waals surface area contributed by atoms with Gasteiger partial charge >= 0.3 is 0 Å². The molecule has 7 nitrogen and oxygen atoms in total. The van der Waals surface area contributed by atoms with Gasteiger partial charge in [0.15, 0.2) is 16.8 Å². The van der Waals surface area contributed by atoms with E-state index in [9.17, 15) is 9.59 Å². The van der Waals surface area contributed by atoms with Crippen molar-refractivity contribution in [2.24, 2.45) is 0 Å². The number of halogens is 3. The Bertz CT molecular complexity index is 1080. The number of hydrogen-bond acceptors (Lipinski definition) is 4. The molecule has 0 spiro atoms. The average Bonchev–Trinajstić information content (AvgIpc) is 3.05. The number of hydrogen-bond donors (Lipinski definition) is 2. The van der Waals surface area contributed by atoms with Crippen molar-refractivity contribution in [2.45, 2.75) is 6.92 Å². The summed E-state index contributed by atoms with van der Waals surface area (Å²) >= 11 is 14.7. The second kappa shape index (κ2) is 8.30. The lowest BCUT2D eigenvalue weighted by Gasteiger charge is -2.14. The Morgan fingerprint density at radius 2 is 2.00 bits per heavy atom. The molecule has 2 amide bonds. The van der Waals surface area contributed by atoms with E-state index in [0.29, 0.717) is 27.7 Å². The van der Waals surface area contributed by atoms with Crippen LogP contribution in [0.3, 0.4) is 0 Å². The van der Waals surface area contributed by atoms with E-state index in [0.717, 1.165) is 4.47 Å². The minimum absolute atomic E-state index is 0.115. The van der Waals surface area contributed by atoms with Crippen LogP contribution in [0.4, 0.5) is 5.69 Å². The maximum Gasteiger partial charge on any atom is 0.274 e. The summed E-state index contributed by atoms with van der Waals surface area (Å²) in [6.45, 7) is 1.79. The van der Waals surface area contributed by atoms with Crippen molar-refractivity contribution in [1.29, 1.82) is 0 Å². The van der Waals surface area contributed by atoms with E-state index in [2.05, 4.69) is 36.6 Å². The molecule has 2 heterocycles. The van der Waals surface area contributed by atoms with Gasteiger partial charge in [0.2, 0.25) is 5.82 Å². The largest absolute Gasteiger partial charge is 0.355 e. The van der Waals surface area contributed by atoms with Gasteiger partial charge in [-0.3, -0.25) is 9.59 Å². The van der Waals surface area contributed by atoms with E-state index in [4.69, 9.17) is 23.2 Å². The first-order chi connectivity index (χ1) is 13.3. The molecule has 144 valence electrons. The van der Waals surface area contributed by atoms with Crippen molar-refractivity contribution in [3.05, 3.63) is 68.0 Å². The molecule has 0 unspecified atom stereocenters. The van der Waals surface area contributed by atoms with Crippen LogP contribution in [0.2, 0.25) is 10.2 Å². The number of rotatable bonds is 4. The number of pyridine rings is 1. The van der Waals surface area contributed by atoms with Crippen LogP contribution in [0.1, 0.15) is 26.4 Å².